The summed E-state index contributed by atoms with van der Waals surface area (Å²) in [5.41, 5.74) is 1.98. The molecule has 0 unspecified atom stereocenters. The molecule has 0 spiro atoms. The first-order valence-electron chi connectivity index (χ1n) is 6.37. The Morgan fingerprint density at radius 2 is 1.59 bits per heavy atom. The van der Waals surface area contributed by atoms with Crippen molar-refractivity contribution >= 4 is 28.1 Å². The monoisotopic (exact) mass is 359 g/mol. The van der Waals surface area contributed by atoms with Crippen LogP contribution in [-0.4, -0.2) is 6.29 Å². The summed E-state index contributed by atoms with van der Waals surface area (Å²) in [5.74, 6) is 0. The summed E-state index contributed by atoms with van der Waals surface area (Å²) in [6, 6.07) is 12.4. The zero-order chi connectivity index (χ0) is 13.1. The molecule has 0 aliphatic carbocycles. The van der Waals surface area contributed by atoms with Gasteiger partial charge in [0.2, 0.25) is 0 Å². The zero-order valence-corrected chi connectivity index (χ0v) is 14.8. The molecule has 1 rings (SSSR count). The molecule has 0 fully saturated rings. The van der Waals surface area contributed by atoms with Crippen LogP contribution in [0.15, 0.2) is 30.3 Å². The van der Waals surface area contributed by atoms with E-state index in [0.29, 0.717) is 10.5 Å². The molecule has 1 radical (unpaired) electrons. The molecule has 0 amide bonds. The summed E-state index contributed by atoms with van der Waals surface area (Å²) in [7, 11) is 0. The first-order valence-corrected chi connectivity index (χ1v) is 11.2. The highest BCUT2D eigenvalue weighted by atomic mass is 127. The highest BCUT2D eigenvalue weighted by Gasteiger charge is 2.34. The second-order valence-corrected chi connectivity index (χ2v) is 12.4. The van der Waals surface area contributed by atoms with Crippen LogP contribution in [0.2, 0.25) is 6.04 Å². The summed E-state index contributed by atoms with van der Waals surface area (Å²) in [4.78, 5) is 0. The Balaban J connectivity index is 2.84. The predicted octanol–water partition coefficient (Wildman–Crippen LogP) is 5.37. The minimum Gasteiger partial charge on any atom is -0.120 e. The lowest BCUT2D eigenvalue weighted by Gasteiger charge is -2.34. The second kappa shape index (κ2) is 5.87. The van der Waals surface area contributed by atoms with E-state index in [0.717, 1.165) is 0 Å². The van der Waals surface area contributed by atoms with Crippen molar-refractivity contribution < 1.29 is 0 Å². The third-order valence-corrected chi connectivity index (χ3v) is 11.9. The number of rotatable bonds is 5. The third kappa shape index (κ3) is 4.09. The Morgan fingerprint density at radius 1 is 1.06 bits per heavy atom. The molecule has 0 aromatic heterocycles. The Hall–Kier alpha value is 0.167. The third-order valence-electron chi connectivity index (χ3n) is 3.76. The van der Waals surface area contributed by atoms with Crippen LogP contribution in [0.1, 0.15) is 46.6 Å². The molecule has 0 bridgehead atoms. The van der Waals surface area contributed by atoms with Crippen molar-refractivity contribution in [1.29, 1.82) is 0 Å². The molecule has 95 valence electrons. The van der Waals surface area contributed by atoms with Gasteiger partial charge >= 0.3 is 0 Å². The van der Waals surface area contributed by atoms with Crippen molar-refractivity contribution in [2.75, 3.05) is 0 Å². The summed E-state index contributed by atoms with van der Waals surface area (Å²) in [6.07, 6.45) is 0.856. The van der Waals surface area contributed by atoms with Gasteiger partial charge in [-0.15, -0.1) is 21.8 Å². The Morgan fingerprint density at radius 3 is 2.06 bits per heavy atom. The lowest BCUT2D eigenvalue weighted by molar-refractivity contribution is 0.392. The lowest BCUT2D eigenvalue weighted by Crippen LogP contribution is -2.36. The van der Waals surface area contributed by atoms with Gasteiger partial charge in [-0.25, -0.2) is 0 Å². The van der Waals surface area contributed by atoms with Gasteiger partial charge in [0, 0.05) is 0 Å². The topological polar surface area (TPSA) is 0 Å². The number of hydrogen-bond acceptors (Lipinski definition) is 0. The van der Waals surface area contributed by atoms with E-state index in [-0.39, 0.29) is 0 Å². The second-order valence-electron chi connectivity index (χ2n) is 6.09. The predicted molar refractivity (Wildman–Crippen MR) is 88.1 cm³/mol. The van der Waals surface area contributed by atoms with Crippen molar-refractivity contribution in [3.63, 3.8) is 0 Å². The summed E-state index contributed by atoms with van der Waals surface area (Å²) < 4.78 is 0. The molecule has 0 aliphatic rings. The Bertz CT molecular complexity index is 343. The van der Waals surface area contributed by atoms with Gasteiger partial charge in [0.25, 0.3) is 0 Å². The van der Waals surface area contributed by atoms with Gasteiger partial charge in [-0.1, -0.05) is 71.4 Å². The van der Waals surface area contributed by atoms with Crippen molar-refractivity contribution in [1.82, 2.24) is 0 Å². The van der Waals surface area contributed by atoms with E-state index >= 15 is 0 Å². The quantitative estimate of drug-likeness (QED) is 0.377. The fraction of sp³-hybridized carbons (Fsp3) is 0.600. The maximum absolute atomic E-state index is 2.74. The van der Waals surface area contributed by atoms with Crippen LogP contribution < -0.4 is 0 Å². The molecule has 0 saturated carbocycles. The van der Waals surface area contributed by atoms with E-state index in [1.807, 2.05) is 0 Å². The molecule has 17 heavy (non-hydrogen) atoms. The van der Waals surface area contributed by atoms with E-state index in [2.05, 4.69) is 86.7 Å². The van der Waals surface area contributed by atoms with Crippen molar-refractivity contribution in [2.45, 2.75) is 52.1 Å². The SMILES string of the molecule is CCC(C)(C)C[Si](I)C(C)(C)c1ccccc1. The molecule has 0 nitrogen and oxygen atoms in total. The zero-order valence-electron chi connectivity index (χ0n) is 11.7. The maximum Gasteiger partial charge on any atom is 0.140 e. The molecule has 2 heteroatoms. The molecule has 0 atom stereocenters. The molecular weight excluding hydrogens is 335 g/mol. The van der Waals surface area contributed by atoms with Gasteiger partial charge in [-0.2, -0.15) is 0 Å². The highest BCUT2D eigenvalue weighted by Crippen LogP contribution is 2.38. The van der Waals surface area contributed by atoms with Crippen molar-refractivity contribution in [2.24, 2.45) is 5.41 Å². The fourth-order valence-electron chi connectivity index (χ4n) is 1.78. The average Bonchev–Trinajstić information content (AvgIpc) is 2.29. The first kappa shape index (κ1) is 15.2. The fourth-order valence-corrected chi connectivity index (χ4v) is 7.82. The summed E-state index contributed by atoms with van der Waals surface area (Å²) >= 11 is 2.74. The van der Waals surface area contributed by atoms with Crippen LogP contribution >= 0.6 is 21.8 Å². The normalized spacial score (nSPS) is 13.1. The maximum atomic E-state index is 2.74. The van der Waals surface area contributed by atoms with Crippen molar-refractivity contribution in [3.05, 3.63) is 35.9 Å². The molecular formula is C15H24ISi. The van der Waals surface area contributed by atoms with Gasteiger partial charge in [0.1, 0.15) is 6.29 Å². The standard InChI is InChI=1S/C15H24ISi/c1-6-14(2,3)12-17(16)15(4,5)13-10-8-7-9-11-13/h7-11H,6,12H2,1-5H3. The van der Waals surface area contributed by atoms with Gasteiger partial charge < -0.3 is 0 Å². The van der Waals surface area contributed by atoms with Crippen LogP contribution in [-0.2, 0) is 5.04 Å². The molecule has 0 N–H and O–H groups in total. The van der Waals surface area contributed by atoms with Crippen molar-refractivity contribution in [3.8, 4) is 0 Å². The van der Waals surface area contributed by atoms with E-state index in [1.165, 1.54) is 18.0 Å². The van der Waals surface area contributed by atoms with Gasteiger partial charge in [-0.05, 0) is 22.1 Å². The number of hydrogen-bond donors (Lipinski definition) is 0. The van der Waals surface area contributed by atoms with Crippen LogP contribution in [0.4, 0.5) is 0 Å². The van der Waals surface area contributed by atoms with Crippen LogP contribution in [0, 0.1) is 5.41 Å². The highest BCUT2D eigenvalue weighted by molar-refractivity contribution is 14.1. The molecule has 0 heterocycles. The van der Waals surface area contributed by atoms with Gasteiger partial charge in [-0.3, -0.25) is 0 Å². The number of benzene rings is 1. The van der Waals surface area contributed by atoms with E-state index in [9.17, 15) is 0 Å². The van der Waals surface area contributed by atoms with Crippen LogP contribution in [0.3, 0.4) is 0 Å². The average molecular weight is 359 g/mol. The molecule has 0 saturated heterocycles. The Labute approximate surface area is 121 Å². The van der Waals surface area contributed by atoms with Crippen LogP contribution in [0.25, 0.3) is 0 Å². The number of halogens is 1. The van der Waals surface area contributed by atoms with E-state index in [1.54, 1.807) is 0 Å². The molecule has 0 aliphatic heterocycles. The minimum atomic E-state index is -0.417. The first-order chi connectivity index (χ1) is 7.79. The smallest absolute Gasteiger partial charge is 0.120 e. The lowest BCUT2D eigenvalue weighted by atomic mass is 9.93. The largest absolute Gasteiger partial charge is 0.140 e. The Kier molecular flexibility index (Phi) is 5.26. The van der Waals surface area contributed by atoms with E-state index < -0.39 is 6.29 Å². The molecule has 1 aromatic carbocycles. The van der Waals surface area contributed by atoms with E-state index in [4.69, 9.17) is 0 Å². The summed E-state index contributed by atoms with van der Waals surface area (Å²) in [5, 5.41) is 0.346. The van der Waals surface area contributed by atoms with Gasteiger partial charge in [0.15, 0.2) is 0 Å². The minimum absolute atomic E-state index is 0.346. The summed E-state index contributed by atoms with van der Waals surface area (Å²) in [6.45, 7) is 11.9. The van der Waals surface area contributed by atoms with Gasteiger partial charge in [0.05, 0.1) is 0 Å². The molecule has 1 aromatic rings. The van der Waals surface area contributed by atoms with Crippen LogP contribution in [0.5, 0.6) is 0 Å².